The van der Waals surface area contributed by atoms with E-state index < -0.39 is 0 Å². The van der Waals surface area contributed by atoms with Crippen LogP contribution in [0.4, 0.5) is 0 Å². The number of aryl methyl sites for hydroxylation is 2. The second kappa shape index (κ2) is 5.04. The van der Waals surface area contributed by atoms with Gasteiger partial charge < -0.3 is 0 Å². The zero-order valence-electron chi connectivity index (χ0n) is 11.2. The zero-order chi connectivity index (χ0) is 13.3. The van der Waals surface area contributed by atoms with Crippen LogP contribution in [0.15, 0.2) is 29.2 Å². The molecule has 2 heteroatoms. The van der Waals surface area contributed by atoms with Crippen molar-refractivity contribution >= 4 is 11.8 Å². The SMILES string of the molecule is Cc1cc(SC#N)c2c(C)ccc(C(C)C)cc1-2. The van der Waals surface area contributed by atoms with Gasteiger partial charge in [0, 0.05) is 4.90 Å². The lowest BCUT2D eigenvalue weighted by atomic mass is 10.0. The van der Waals surface area contributed by atoms with Gasteiger partial charge in [-0.1, -0.05) is 32.0 Å². The first-order valence-corrected chi connectivity index (χ1v) is 6.96. The van der Waals surface area contributed by atoms with Crippen molar-refractivity contribution < 1.29 is 0 Å². The Hall–Kier alpha value is -1.46. The average Bonchev–Trinajstić information content (AvgIpc) is 2.50. The predicted octanol–water partition coefficient (Wildman–Crippen LogP) is 5.10. The lowest BCUT2D eigenvalue weighted by molar-refractivity contribution is 0.868. The first-order chi connectivity index (χ1) is 8.54. The Morgan fingerprint density at radius 2 is 1.83 bits per heavy atom. The van der Waals surface area contributed by atoms with Gasteiger partial charge in [-0.25, -0.2) is 0 Å². The van der Waals surface area contributed by atoms with Gasteiger partial charge in [0.15, 0.2) is 0 Å². The third-order valence-electron chi connectivity index (χ3n) is 3.34. The van der Waals surface area contributed by atoms with E-state index in [0.29, 0.717) is 5.92 Å². The molecule has 0 heterocycles. The van der Waals surface area contributed by atoms with E-state index in [1.54, 1.807) is 0 Å². The van der Waals surface area contributed by atoms with Crippen molar-refractivity contribution in [3.63, 3.8) is 0 Å². The minimum absolute atomic E-state index is 0.515. The molecule has 0 atom stereocenters. The average molecular weight is 255 g/mol. The van der Waals surface area contributed by atoms with Crippen LogP contribution >= 0.6 is 11.8 Å². The topological polar surface area (TPSA) is 23.8 Å². The van der Waals surface area contributed by atoms with Crippen LogP contribution in [0, 0.1) is 24.5 Å². The van der Waals surface area contributed by atoms with Gasteiger partial charge in [-0.2, -0.15) is 5.26 Å². The van der Waals surface area contributed by atoms with Crippen LogP contribution < -0.4 is 0 Å². The van der Waals surface area contributed by atoms with Crippen molar-refractivity contribution in [2.45, 2.75) is 38.5 Å². The Balaban J connectivity index is 2.72. The molecule has 0 aromatic heterocycles. The van der Waals surface area contributed by atoms with Crippen LogP contribution in [0.3, 0.4) is 0 Å². The van der Waals surface area contributed by atoms with Crippen molar-refractivity contribution in [2.75, 3.05) is 0 Å². The third-order valence-corrected chi connectivity index (χ3v) is 3.97. The smallest absolute Gasteiger partial charge is 0.138 e. The molecule has 0 bridgehead atoms. The van der Waals surface area contributed by atoms with Gasteiger partial charge in [0.2, 0.25) is 0 Å². The first kappa shape index (κ1) is 13.0. The van der Waals surface area contributed by atoms with E-state index >= 15 is 0 Å². The maximum Gasteiger partial charge on any atom is 0.138 e. The fraction of sp³-hybridized carbons (Fsp3) is 0.312. The molecule has 0 aromatic carbocycles. The summed E-state index contributed by atoms with van der Waals surface area (Å²) in [5.41, 5.74) is 6.34. The van der Waals surface area contributed by atoms with Crippen molar-refractivity contribution in [1.82, 2.24) is 0 Å². The zero-order valence-corrected chi connectivity index (χ0v) is 12.1. The van der Waals surface area contributed by atoms with Gasteiger partial charge in [-0.05, 0) is 65.4 Å². The molecule has 0 N–H and O–H groups in total. The molecule has 0 amide bonds. The Morgan fingerprint density at radius 1 is 1.11 bits per heavy atom. The second-order valence-electron chi connectivity index (χ2n) is 4.99. The Bertz CT molecular complexity index is 593. The minimum Gasteiger partial charge on any atom is -0.185 e. The number of nitriles is 1. The molecule has 1 nitrogen and oxygen atoms in total. The van der Waals surface area contributed by atoms with E-state index in [1.165, 1.54) is 39.6 Å². The summed E-state index contributed by atoms with van der Waals surface area (Å²) in [6.07, 6.45) is 0. The molecular weight excluding hydrogens is 238 g/mol. The normalized spacial score (nSPS) is 10.9. The fourth-order valence-corrected chi connectivity index (χ4v) is 2.98. The Morgan fingerprint density at radius 3 is 2.44 bits per heavy atom. The van der Waals surface area contributed by atoms with Crippen LogP contribution in [0.1, 0.15) is 36.5 Å². The van der Waals surface area contributed by atoms with Crippen LogP contribution in [-0.2, 0) is 0 Å². The highest BCUT2D eigenvalue weighted by Gasteiger charge is 2.16. The summed E-state index contributed by atoms with van der Waals surface area (Å²) in [4.78, 5) is 1.08. The maximum atomic E-state index is 8.90. The van der Waals surface area contributed by atoms with E-state index in [-0.39, 0.29) is 0 Å². The second-order valence-corrected chi connectivity index (χ2v) is 5.82. The van der Waals surface area contributed by atoms with Gasteiger partial charge in [0.25, 0.3) is 0 Å². The summed E-state index contributed by atoms with van der Waals surface area (Å²) in [5.74, 6) is 0.515. The van der Waals surface area contributed by atoms with E-state index in [0.717, 1.165) is 4.90 Å². The van der Waals surface area contributed by atoms with Crippen LogP contribution in [0.5, 0.6) is 0 Å². The molecule has 2 rings (SSSR count). The van der Waals surface area contributed by atoms with Gasteiger partial charge in [-0.15, -0.1) is 0 Å². The number of thiocyanates is 1. The molecule has 0 saturated heterocycles. The molecule has 2 aliphatic carbocycles. The number of hydrogen-bond donors (Lipinski definition) is 0. The molecular formula is C16H17NS. The van der Waals surface area contributed by atoms with Gasteiger partial charge >= 0.3 is 0 Å². The van der Waals surface area contributed by atoms with Crippen molar-refractivity contribution in [3.05, 3.63) is 41.0 Å². The molecule has 92 valence electrons. The van der Waals surface area contributed by atoms with E-state index in [1.807, 2.05) is 0 Å². The van der Waals surface area contributed by atoms with E-state index in [4.69, 9.17) is 5.26 Å². The minimum atomic E-state index is 0.515. The lowest BCUT2D eigenvalue weighted by Gasteiger charge is -2.04. The van der Waals surface area contributed by atoms with E-state index in [2.05, 4.69) is 57.4 Å². The summed E-state index contributed by atoms with van der Waals surface area (Å²) >= 11 is 1.25. The summed E-state index contributed by atoms with van der Waals surface area (Å²) in [7, 11) is 0. The molecule has 18 heavy (non-hydrogen) atoms. The molecule has 0 aliphatic heterocycles. The number of hydrogen-bond acceptors (Lipinski definition) is 2. The van der Waals surface area contributed by atoms with Crippen molar-refractivity contribution in [3.8, 4) is 16.5 Å². The number of nitrogens with zero attached hydrogens (tertiary/aromatic N) is 1. The molecule has 0 saturated carbocycles. The van der Waals surface area contributed by atoms with Crippen molar-refractivity contribution in [1.29, 1.82) is 5.26 Å². The largest absolute Gasteiger partial charge is 0.185 e. The lowest BCUT2D eigenvalue weighted by Crippen LogP contribution is -1.83. The summed E-state index contributed by atoms with van der Waals surface area (Å²) in [5, 5.41) is 11.1. The molecule has 2 aliphatic rings. The van der Waals surface area contributed by atoms with Crippen molar-refractivity contribution in [2.24, 2.45) is 0 Å². The highest BCUT2D eigenvalue weighted by Crippen LogP contribution is 2.40. The van der Waals surface area contributed by atoms with Gasteiger partial charge in [0.05, 0.1) is 0 Å². The Labute approximate surface area is 113 Å². The third kappa shape index (κ3) is 2.23. The predicted molar refractivity (Wildman–Crippen MR) is 78.1 cm³/mol. The van der Waals surface area contributed by atoms with Gasteiger partial charge in [-0.3, -0.25) is 0 Å². The molecule has 0 aromatic rings. The standard InChI is InChI=1S/C16H17NS/c1-10(2)13-6-5-11(3)16-14(8-13)12(4)7-15(16)18-9-17/h5-8,10H,1-4H3. The van der Waals surface area contributed by atoms with E-state index in [9.17, 15) is 0 Å². The Kier molecular flexibility index (Phi) is 3.63. The number of thioether (sulfide) groups is 1. The summed E-state index contributed by atoms with van der Waals surface area (Å²) in [6.45, 7) is 8.65. The number of fused-ring (bicyclic) bond motifs is 1. The molecule has 0 spiro atoms. The van der Waals surface area contributed by atoms with Crippen LogP contribution in [0.25, 0.3) is 11.1 Å². The van der Waals surface area contributed by atoms with Crippen LogP contribution in [-0.4, -0.2) is 0 Å². The molecule has 0 fully saturated rings. The summed E-state index contributed by atoms with van der Waals surface area (Å²) < 4.78 is 0. The monoisotopic (exact) mass is 255 g/mol. The molecule has 0 unspecified atom stereocenters. The highest BCUT2D eigenvalue weighted by atomic mass is 32.2. The number of rotatable bonds is 2. The van der Waals surface area contributed by atoms with Crippen LogP contribution in [0.2, 0.25) is 0 Å². The first-order valence-electron chi connectivity index (χ1n) is 6.14. The molecule has 0 radical (unpaired) electrons. The fourth-order valence-electron chi connectivity index (χ4n) is 2.28. The summed E-state index contributed by atoms with van der Waals surface area (Å²) in [6, 6.07) is 8.75. The highest BCUT2D eigenvalue weighted by molar-refractivity contribution is 8.03. The quantitative estimate of drug-likeness (QED) is 0.550. The van der Waals surface area contributed by atoms with Gasteiger partial charge in [0.1, 0.15) is 5.40 Å². The maximum absolute atomic E-state index is 8.90.